The maximum Gasteiger partial charge on any atom is 0.408 e. The van der Waals surface area contributed by atoms with Crippen LogP contribution in [0.5, 0.6) is 5.75 Å². The standard InChI is InChI=1S/C33H48N4O6/c1-20(2)10-12-23(5)37(31(40)27(19-28(34)38)36-32(41)43-33(6,7)8)29(26-17-11-21(3)18-22(26)4)30(39)35-24-13-15-25(42-9)16-14-24/h11,13-18,20,23,27,29H,10,12,19H2,1-9H3,(H2,34,38)(H,35,39)(H,36,41). The summed E-state index contributed by atoms with van der Waals surface area (Å²) in [5.74, 6) is -0.874. The number of amides is 4. The van der Waals surface area contributed by atoms with E-state index < -0.39 is 54.0 Å². The summed E-state index contributed by atoms with van der Waals surface area (Å²) < 4.78 is 10.6. The summed E-state index contributed by atoms with van der Waals surface area (Å²) in [5, 5.41) is 5.49. The van der Waals surface area contributed by atoms with Crippen molar-refractivity contribution in [2.24, 2.45) is 11.7 Å². The van der Waals surface area contributed by atoms with Crippen molar-refractivity contribution in [3.8, 4) is 5.75 Å². The molecule has 0 heterocycles. The first-order valence-electron chi connectivity index (χ1n) is 14.6. The highest BCUT2D eigenvalue weighted by Gasteiger charge is 2.40. The number of anilines is 1. The Hall–Kier alpha value is -4.08. The van der Waals surface area contributed by atoms with Crippen molar-refractivity contribution in [3.63, 3.8) is 0 Å². The van der Waals surface area contributed by atoms with Crippen LogP contribution in [-0.2, 0) is 19.1 Å². The van der Waals surface area contributed by atoms with Crippen molar-refractivity contribution in [1.82, 2.24) is 10.2 Å². The molecule has 0 aliphatic carbocycles. The zero-order valence-electron chi connectivity index (χ0n) is 26.9. The molecule has 2 rings (SSSR count). The van der Waals surface area contributed by atoms with Crippen LogP contribution in [0.1, 0.15) is 83.5 Å². The van der Waals surface area contributed by atoms with E-state index in [9.17, 15) is 19.2 Å². The molecule has 4 N–H and O–H groups in total. The van der Waals surface area contributed by atoms with Gasteiger partial charge in [-0.05, 0) is 95.7 Å². The van der Waals surface area contributed by atoms with Crippen LogP contribution in [0.4, 0.5) is 10.5 Å². The molecule has 10 nitrogen and oxygen atoms in total. The molecule has 10 heteroatoms. The number of ether oxygens (including phenoxy) is 2. The number of hydrogen-bond acceptors (Lipinski definition) is 6. The van der Waals surface area contributed by atoms with Crippen LogP contribution in [0.2, 0.25) is 0 Å². The fourth-order valence-electron chi connectivity index (χ4n) is 4.78. The zero-order valence-corrected chi connectivity index (χ0v) is 26.9. The predicted octanol–water partition coefficient (Wildman–Crippen LogP) is 5.41. The summed E-state index contributed by atoms with van der Waals surface area (Å²) in [6, 6.07) is 9.66. The molecular weight excluding hydrogens is 548 g/mol. The van der Waals surface area contributed by atoms with E-state index in [4.69, 9.17) is 15.2 Å². The van der Waals surface area contributed by atoms with E-state index in [0.29, 0.717) is 29.3 Å². The molecule has 0 saturated carbocycles. The van der Waals surface area contributed by atoms with Gasteiger partial charge in [0.2, 0.25) is 11.8 Å². The Morgan fingerprint density at radius 3 is 2.09 bits per heavy atom. The lowest BCUT2D eigenvalue weighted by Gasteiger charge is -2.39. The van der Waals surface area contributed by atoms with Crippen molar-refractivity contribution >= 4 is 29.5 Å². The van der Waals surface area contributed by atoms with Gasteiger partial charge in [-0.15, -0.1) is 0 Å². The largest absolute Gasteiger partial charge is 0.497 e. The van der Waals surface area contributed by atoms with Crippen LogP contribution >= 0.6 is 0 Å². The number of hydrogen-bond donors (Lipinski definition) is 3. The normalized spacial score (nSPS) is 13.4. The number of carbonyl (C=O) groups excluding carboxylic acids is 4. The first kappa shape index (κ1) is 35.1. The Morgan fingerprint density at radius 2 is 1.58 bits per heavy atom. The molecule has 0 bridgehead atoms. The van der Waals surface area contributed by atoms with E-state index in [1.165, 1.54) is 4.90 Å². The number of primary amides is 1. The summed E-state index contributed by atoms with van der Waals surface area (Å²) in [5.41, 5.74) is 7.65. The van der Waals surface area contributed by atoms with E-state index >= 15 is 0 Å². The van der Waals surface area contributed by atoms with Gasteiger partial charge in [-0.1, -0.05) is 37.6 Å². The molecule has 43 heavy (non-hydrogen) atoms. The summed E-state index contributed by atoms with van der Waals surface area (Å²) in [6.45, 7) is 14.9. The van der Waals surface area contributed by atoms with Gasteiger partial charge in [-0.25, -0.2) is 4.79 Å². The van der Waals surface area contributed by atoms with Gasteiger partial charge in [0.25, 0.3) is 5.91 Å². The average molecular weight is 597 g/mol. The molecule has 3 atom stereocenters. The third-order valence-electron chi connectivity index (χ3n) is 6.89. The van der Waals surface area contributed by atoms with Crippen molar-refractivity contribution in [2.45, 2.75) is 98.4 Å². The highest BCUT2D eigenvalue weighted by molar-refractivity contribution is 6.00. The van der Waals surface area contributed by atoms with Crippen LogP contribution in [0.15, 0.2) is 42.5 Å². The van der Waals surface area contributed by atoms with E-state index in [1.54, 1.807) is 52.1 Å². The number of aryl methyl sites for hydroxylation is 2. The second kappa shape index (κ2) is 15.4. The topological polar surface area (TPSA) is 140 Å². The quantitative estimate of drug-likeness (QED) is 0.282. The summed E-state index contributed by atoms with van der Waals surface area (Å²) >= 11 is 0. The van der Waals surface area contributed by atoms with E-state index in [2.05, 4.69) is 24.5 Å². The molecule has 2 aromatic rings. The fourth-order valence-corrected chi connectivity index (χ4v) is 4.78. The summed E-state index contributed by atoms with van der Waals surface area (Å²) in [7, 11) is 1.56. The number of rotatable bonds is 13. The van der Waals surface area contributed by atoms with Crippen molar-refractivity contribution < 1.29 is 28.7 Å². The molecule has 3 unspecified atom stereocenters. The number of nitrogens with one attached hydrogen (secondary N) is 2. The number of nitrogens with two attached hydrogens (primary N) is 1. The molecular formula is C33H48N4O6. The number of methoxy groups -OCH3 is 1. The van der Waals surface area contributed by atoms with E-state index in [0.717, 1.165) is 17.5 Å². The SMILES string of the molecule is COc1ccc(NC(=O)C(c2ccc(C)cc2C)N(C(=O)C(CC(N)=O)NC(=O)OC(C)(C)C)C(C)CCC(C)C)cc1. The Bertz CT molecular complexity index is 1270. The number of nitrogens with zero attached hydrogens (tertiary/aromatic N) is 1. The molecule has 0 spiro atoms. The zero-order chi connectivity index (χ0) is 32.5. The van der Waals surface area contributed by atoms with E-state index in [-0.39, 0.29) is 0 Å². The van der Waals surface area contributed by atoms with Crippen LogP contribution in [-0.4, -0.2) is 53.5 Å². The Balaban J connectivity index is 2.67. The maximum absolute atomic E-state index is 14.5. The number of carbonyl (C=O) groups is 4. The smallest absolute Gasteiger partial charge is 0.408 e. The molecule has 0 radical (unpaired) electrons. The van der Waals surface area contributed by atoms with Crippen LogP contribution in [0.25, 0.3) is 0 Å². The highest BCUT2D eigenvalue weighted by Crippen LogP contribution is 2.31. The Kier molecular flexibility index (Phi) is 12.6. The molecule has 0 aromatic heterocycles. The molecule has 236 valence electrons. The monoisotopic (exact) mass is 596 g/mol. The number of benzene rings is 2. The van der Waals surface area contributed by atoms with Gasteiger partial charge < -0.3 is 30.7 Å². The third kappa shape index (κ3) is 10.9. The summed E-state index contributed by atoms with van der Waals surface area (Å²) in [4.78, 5) is 55.0. The van der Waals surface area contributed by atoms with Gasteiger partial charge in [-0.2, -0.15) is 0 Å². The predicted molar refractivity (Wildman–Crippen MR) is 168 cm³/mol. The molecule has 0 aliphatic rings. The third-order valence-corrected chi connectivity index (χ3v) is 6.89. The first-order valence-corrected chi connectivity index (χ1v) is 14.6. The van der Waals surface area contributed by atoms with Crippen LogP contribution < -0.4 is 21.1 Å². The van der Waals surface area contributed by atoms with Crippen molar-refractivity contribution in [3.05, 3.63) is 59.2 Å². The second-order valence-electron chi connectivity index (χ2n) is 12.4. The second-order valence-corrected chi connectivity index (χ2v) is 12.4. The fraction of sp³-hybridized carbons (Fsp3) is 0.515. The van der Waals surface area contributed by atoms with Crippen LogP contribution in [0, 0.1) is 19.8 Å². The van der Waals surface area contributed by atoms with Gasteiger partial charge in [0.1, 0.15) is 23.4 Å². The lowest BCUT2D eigenvalue weighted by Crippen LogP contribution is -2.56. The highest BCUT2D eigenvalue weighted by atomic mass is 16.6. The maximum atomic E-state index is 14.5. The number of alkyl carbamates (subject to hydrolysis) is 1. The Morgan fingerprint density at radius 1 is 0.953 bits per heavy atom. The van der Waals surface area contributed by atoms with Crippen LogP contribution in [0.3, 0.4) is 0 Å². The molecule has 0 aliphatic heterocycles. The minimum Gasteiger partial charge on any atom is -0.497 e. The van der Waals surface area contributed by atoms with Gasteiger partial charge in [0.15, 0.2) is 0 Å². The van der Waals surface area contributed by atoms with Gasteiger partial charge in [0.05, 0.1) is 13.5 Å². The minimum absolute atomic E-state index is 0.341. The first-order chi connectivity index (χ1) is 20.0. The lowest BCUT2D eigenvalue weighted by molar-refractivity contribution is -0.144. The van der Waals surface area contributed by atoms with Crippen molar-refractivity contribution in [2.75, 3.05) is 12.4 Å². The molecule has 0 fully saturated rings. The lowest BCUT2D eigenvalue weighted by atomic mass is 9.93. The Labute approximate surface area is 255 Å². The molecule has 0 saturated heterocycles. The molecule has 4 amide bonds. The average Bonchev–Trinajstić information content (AvgIpc) is 2.89. The van der Waals surface area contributed by atoms with Crippen molar-refractivity contribution in [1.29, 1.82) is 0 Å². The summed E-state index contributed by atoms with van der Waals surface area (Å²) in [6.07, 6.45) is 0.0271. The van der Waals surface area contributed by atoms with Gasteiger partial charge in [-0.3, -0.25) is 14.4 Å². The van der Waals surface area contributed by atoms with Gasteiger partial charge in [0, 0.05) is 11.7 Å². The minimum atomic E-state index is -1.35. The van der Waals surface area contributed by atoms with E-state index in [1.807, 2.05) is 39.0 Å². The van der Waals surface area contributed by atoms with Gasteiger partial charge >= 0.3 is 6.09 Å². The molecule has 2 aromatic carbocycles.